The number of carbonyl (C=O) groups is 1. The lowest BCUT2D eigenvalue weighted by atomic mass is 10.1. The largest absolute Gasteiger partial charge is 0.497 e. The molecule has 1 fully saturated rings. The van der Waals surface area contributed by atoms with Crippen LogP contribution in [0.3, 0.4) is 0 Å². The van der Waals surface area contributed by atoms with Crippen LogP contribution in [0.4, 0.5) is 0 Å². The Balaban J connectivity index is 1.87. The number of hydrogen-bond donors (Lipinski definition) is 0. The van der Waals surface area contributed by atoms with E-state index in [-0.39, 0.29) is 5.91 Å². The molecule has 5 heteroatoms. The fourth-order valence-corrected chi connectivity index (χ4v) is 2.69. The van der Waals surface area contributed by atoms with Crippen LogP contribution >= 0.6 is 0 Å². The second-order valence-corrected chi connectivity index (χ2v) is 5.27. The van der Waals surface area contributed by atoms with Crippen LogP contribution < -0.4 is 4.74 Å². The molecule has 0 radical (unpaired) electrons. The zero-order valence-corrected chi connectivity index (χ0v) is 12.4. The minimum absolute atomic E-state index is 0.0304. The molecule has 2 aromatic rings. The molecule has 5 nitrogen and oxygen atoms in total. The molecule has 0 atom stereocenters. The van der Waals surface area contributed by atoms with E-state index >= 15 is 0 Å². The van der Waals surface area contributed by atoms with E-state index in [4.69, 9.17) is 4.74 Å². The number of benzene rings is 1. The van der Waals surface area contributed by atoms with Crippen LogP contribution in [0.15, 0.2) is 30.3 Å². The van der Waals surface area contributed by atoms with Gasteiger partial charge in [-0.2, -0.15) is 5.10 Å². The van der Waals surface area contributed by atoms with E-state index in [0.29, 0.717) is 5.69 Å². The van der Waals surface area contributed by atoms with E-state index in [9.17, 15) is 4.79 Å². The topological polar surface area (TPSA) is 47.4 Å². The molecule has 110 valence electrons. The molecule has 1 aliphatic rings. The summed E-state index contributed by atoms with van der Waals surface area (Å²) >= 11 is 0. The van der Waals surface area contributed by atoms with Crippen molar-refractivity contribution in [3.05, 3.63) is 36.0 Å². The van der Waals surface area contributed by atoms with Gasteiger partial charge >= 0.3 is 0 Å². The molecule has 1 aromatic carbocycles. The summed E-state index contributed by atoms with van der Waals surface area (Å²) in [4.78, 5) is 14.2. The van der Waals surface area contributed by atoms with Gasteiger partial charge in [-0.3, -0.25) is 9.48 Å². The summed E-state index contributed by atoms with van der Waals surface area (Å²) in [6, 6.07) is 9.62. The van der Waals surface area contributed by atoms with Crippen molar-refractivity contribution in [2.75, 3.05) is 20.2 Å². The summed E-state index contributed by atoms with van der Waals surface area (Å²) < 4.78 is 6.92. The van der Waals surface area contributed by atoms with Gasteiger partial charge < -0.3 is 9.64 Å². The van der Waals surface area contributed by atoms with Crippen molar-refractivity contribution in [2.24, 2.45) is 7.05 Å². The lowest BCUT2D eigenvalue weighted by molar-refractivity contribution is 0.0786. The molecular formula is C16H19N3O2. The molecule has 0 unspecified atom stereocenters. The molecule has 21 heavy (non-hydrogen) atoms. The maximum absolute atomic E-state index is 12.4. The Bertz CT molecular complexity index is 640. The minimum atomic E-state index is 0.0304. The second kappa shape index (κ2) is 5.60. The third-order valence-electron chi connectivity index (χ3n) is 3.88. The lowest BCUT2D eigenvalue weighted by Crippen LogP contribution is -2.28. The first kappa shape index (κ1) is 13.7. The van der Waals surface area contributed by atoms with E-state index in [1.807, 2.05) is 42.3 Å². The smallest absolute Gasteiger partial charge is 0.274 e. The SMILES string of the molecule is COc1ccc(-c2cc(C(=O)N3CCCC3)nn2C)cc1. The van der Waals surface area contributed by atoms with Crippen LogP contribution in [0.5, 0.6) is 5.75 Å². The number of hydrogen-bond acceptors (Lipinski definition) is 3. The summed E-state index contributed by atoms with van der Waals surface area (Å²) in [5.74, 6) is 0.845. The molecule has 2 heterocycles. The zero-order chi connectivity index (χ0) is 14.8. The van der Waals surface area contributed by atoms with Gasteiger partial charge in [0.15, 0.2) is 5.69 Å². The summed E-state index contributed by atoms with van der Waals surface area (Å²) in [5, 5.41) is 4.37. The van der Waals surface area contributed by atoms with E-state index in [1.54, 1.807) is 11.8 Å². The highest BCUT2D eigenvalue weighted by molar-refractivity contribution is 5.93. The van der Waals surface area contributed by atoms with Gasteiger partial charge in [-0.15, -0.1) is 0 Å². The Hall–Kier alpha value is -2.30. The molecule has 3 rings (SSSR count). The number of likely N-dealkylation sites (tertiary alicyclic amines) is 1. The zero-order valence-electron chi connectivity index (χ0n) is 12.4. The van der Waals surface area contributed by atoms with E-state index < -0.39 is 0 Å². The van der Waals surface area contributed by atoms with Crippen molar-refractivity contribution in [3.63, 3.8) is 0 Å². The standard InChI is InChI=1S/C16H19N3O2/c1-18-15(12-5-7-13(21-2)8-6-12)11-14(17-18)16(20)19-9-3-4-10-19/h5-8,11H,3-4,9-10H2,1-2H3. The predicted molar refractivity (Wildman–Crippen MR) is 80.3 cm³/mol. The highest BCUT2D eigenvalue weighted by Gasteiger charge is 2.22. The van der Waals surface area contributed by atoms with E-state index in [1.165, 1.54) is 0 Å². The van der Waals surface area contributed by atoms with Crippen molar-refractivity contribution in [2.45, 2.75) is 12.8 Å². The molecule has 0 bridgehead atoms. The fourth-order valence-electron chi connectivity index (χ4n) is 2.69. The van der Waals surface area contributed by atoms with E-state index in [0.717, 1.165) is 42.9 Å². The molecular weight excluding hydrogens is 266 g/mol. The number of methoxy groups -OCH3 is 1. The van der Waals surface area contributed by atoms with Crippen molar-refractivity contribution < 1.29 is 9.53 Å². The highest BCUT2D eigenvalue weighted by Crippen LogP contribution is 2.23. The van der Waals surface area contributed by atoms with Gasteiger partial charge in [0.2, 0.25) is 0 Å². The maximum Gasteiger partial charge on any atom is 0.274 e. The van der Waals surface area contributed by atoms with Crippen molar-refractivity contribution >= 4 is 5.91 Å². The summed E-state index contributed by atoms with van der Waals surface area (Å²) in [7, 11) is 3.51. The molecule has 1 saturated heterocycles. The van der Waals surface area contributed by atoms with Crippen LogP contribution in [-0.4, -0.2) is 40.8 Å². The predicted octanol–water partition coefficient (Wildman–Crippen LogP) is 2.33. The Morgan fingerprint density at radius 1 is 1.19 bits per heavy atom. The van der Waals surface area contributed by atoms with Crippen LogP contribution in [0, 0.1) is 0 Å². The van der Waals surface area contributed by atoms with Crippen LogP contribution in [0.25, 0.3) is 11.3 Å². The summed E-state index contributed by atoms with van der Waals surface area (Å²) in [5.41, 5.74) is 2.47. The molecule has 0 spiro atoms. The van der Waals surface area contributed by atoms with Gasteiger partial charge in [0.05, 0.1) is 12.8 Å². The normalized spacial score (nSPS) is 14.5. The first-order valence-electron chi connectivity index (χ1n) is 7.17. The van der Waals surface area contributed by atoms with Gasteiger partial charge in [-0.05, 0) is 43.2 Å². The van der Waals surface area contributed by atoms with E-state index in [2.05, 4.69) is 5.10 Å². The van der Waals surface area contributed by atoms with Gasteiger partial charge in [0.25, 0.3) is 5.91 Å². The number of aromatic nitrogens is 2. The summed E-state index contributed by atoms with van der Waals surface area (Å²) in [6.07, 6.45) is 2.17. The Kier molecular flexibility index (Phi) is 3.64. The number of nitrogens with zero attached hydrogens (tertiary/aromatic N) is 3. The van der Waals surface area contributed by atoms with Gasteiger partial charge in [0.1, 0.15) is 5.75 Å². The second-order valence-electron chi connectivity index (χ2n) is 5.27. The average molecular weight is 285 g/mol. The molecule has 1 amide bonds. The number of rotatable bonds is 3. The molecule has 1 aromatic heterocycles. The first-order valence-corrected chi connectivity index (χ1v) is 7.17. The first-order chi connectivity index (χ1) is 10.2. The third kappa shape index (κ3) is 2.63. The van der Waals surface area contributed by atoms with Gasteiger partial charge in [0, 0.05) is 25.7 Å². The third-order valence-corrected chi connectivity index (χ3v) is 3.88. The monoisotopic (exact) mass is 285 g/mol. The molecule has 0 aliphatic carbocycles. The van der Waals surface area contributed by atoms with Crippen molar-refractivity contribution in [1.29, 1.82) is 0 Å². The number of aryl methyl sites for hydroxylation is 1. The molecule has 0 N–H and O–H groups in total. The van der Waals surface area contributed by atoms with Gasteiger partial charge in [-0.25, -0.2) is 0 Å². The fraction of sp³-hybridized carbons (Fsp3) is 0.375. The quantitative estimate of drug-likeness (QED) is 0.869. The molecule has 0 saturated carbocycles. The minimum Gasteiger partial charge on any atom is -0.497 e. The molecule has 1 aliphatic heterocycles. The lowest BCUT2D eigenvalue weighted by Gasteiger charge is -2.12. The van der Waals surface area contributed by atoms with Gasteiger partial charge in [-0.1, -0.05) is 0 Å². The van der Waals surface area contributed by atoms with Crippen LogP contribution in [0.2, 0.25) is 0 Å². The Labute approximate surface area is 124 Å². The number of carbonyl (C=O) groups excluding carboxylic acids is 1. The van der Waals surface area contributed by atoms with Crippen LogP contribution in [-0.2, 0) is 7.05 Å². The number of ether oxygens (including phenoxy) is 1. The number of amides is 1. The Morgan fingerprint density at radius 3 is 2.48 bits per heavy atom. The summed E-state index contributed by atoms with van der Waals surface area (Å²) in [6.45, 7) is 1.68. The van der Waals surface area contributed by atoms with Crippen molar-refractivity contribution in [1.82, 2.24) is 14.7 Å². The maximum atomic E-state index is 12.4. The van der Waals surface area contributed by atoms with Crippen LogP contribution in [0.1, 0.15) is 23.3 Å². The Morgan fingerprint density at radius 2 is 1.86 bits per heavy atom. The average Bonchev–Trinajstić information content (AvgIpc) is 3.16. The van der Waals surface area contributed by atoms with Crippen molar-refractivity contribution in [3.8, 4) is 17.0 Å². The highest BCUT2D eigenvalue weighted by atomic mass is 16.5.